The first kappa shape index (κ1) is 18.5. The molecule has 0 aromatic heterocycles. The van der Waals surface area contributed by atoms with Crippen molar-refractivity contribution in [2.45, 2.75) is 90.4 Å². The molecule has 2 heterocycles. The van der Waals surface area contributed by atoms with Crippen LogP contribution in [0.3, 0.4) is 0 Å². The van der Waals surface area contributed by atoms with Crippen molar-refractivity contribution in [2.75, 3.05) is 13.2 Å². The van der Waals surface area contributed by atoms with Crippen molar-refractivity contribution >= 4 is 8.53 Å². The Bertz CT molecular complexity index is 480. The second-order valence-corrected chi connectivity index (χ2v) is 8.32. The molecule has 0 aliphatic carbocycles. The van der Waals surface area contributed by atoms with E-state index in [2.05, 4.69) is 38.4 Å². The van der Waals surface area contributed by atoms with Gasteiger partial charge in [-0.3, -0.25) is 0 Å². The number of nitriles is 1. The lowest BCUT2D eigenvalue weighted by Crippen LogP contribution is -2.42. The molecule has 0 aromatic rings. The fraction of sp³-hybridized carbons (Fsp3) is 0.941. The van der Waals surface area contributed by atoms with Crippen LogP contribution in [0.2, 0.25) is 0 Å². The predicted molar refractivity (Wildman–Crippen MR) is 93.4 cm³/mol. The van der Waals surface area contributed by atoms with E-state index in [0.29, 0.717) is 19.6 Å². The summed E-state index contributed by atoms with van der Waals surface area (Å²) in [5.74, 6) is 0. The molecule has 0 radical (unpaired) electrons. The summed E-state index contributed by atoms with van der Waals surface area (Å²) in [6, 6.07) is 2.57. The average Bonchev–Trinajstić information content (AvgIpc) is 2.99. The molecule has 2 rings (SSSR count). The largest absolute Gasteiger partial charge is 0.370 e. The van der Waals surface area contributed by atoms with Gasteiger partial charge in [-0.1, -0.05) is 6.92 Å². The zero-order chi connectivity index (χ0) is 18.8. The zero-order valence-electron chi connectivity index (χ0n) is 16.6. The lowest BCUT2D eigenvalue weighted by Gasteiger charge is -2.38. The minimum absolute atomic E-state index is 0.103. The van der Waals surface area contributed by atoms with Gasteiger partial charge in [0.2, 0.25) is 0 Å². The molecule has 2 saturated heterocycles. The maximum Gasteiger partial charge on any atom is 0.259 e. The smallest absolute Gasteiger partial charge is 0.259 e. The number of hydrogen-bond donors (Lipinski definition) is 0. The highest BCUT2D eigenvalue weighted by Crippen LogP contribution is 2.54. The van der Waals surface area contributed by atoms with Crippen LogP contribution in [-0.4, -0.2) is 53.9 Å². The molecule has 2 aliphatic heterocycles. The monoisotopic (exact) mass is 359 g/mol. The van der Waals surface area contributed by atoms with Crippen molar-refractivity contribution in [1.29, 1.82) is 5.26 Å². The summed E-state index contributed by atoms with van der Waals surface area (Å²) in [5.41, 5.74) is -0.747. The van der Waals surface area contributed by atoms with E-state index in [1.807, 2.05) is 13.8 Å². The number of hydrogen-bond acceptors (Lipinski definition) is 6. The highest BCUT2D eigenvalue weighted by molar-refractivity contribution is 7.44. The van der Waals surface area contributed by atoms with Crippen LogP contribution in [0.25, 0.3) is 0 Å². The lowest BCUT2D eigenvalue weighted by molar-refractivity contribution is -0.139. The molecule has 7 heteroatoms. The second kappa shape index (κ2) is 8.40. The van der Waals surface area contributed by atoms with E-state index in [0.717, 1.165) is 0 Å². The van der Waals surface area contributed by atoms with Gasteiger partial charge in [-0.05, 0) is 41.0 Å². The number of rotatable bonds is 9. The third kappa shape index (κ3) is 3.93. The molecule has 1 unspecified atom stereocenters. The first-order chi connectivity index (χ1) is 11.7. The maximum absolute atomic E-state index is 8.82. The van der Waals surface area contributed by atoms with Crippen molar-refractivity contribution in [3.8, 4) is 6.07 Å². The maximum atomic E-state index is 8.82. The van der Waals surface area contributed by atoms with Crippen LogP contribution in [0.5, 0.6) is 0 Å². The normalized spacial score (nSPS) is 35.5. The van der Waals surface area contributed by atoms with Gasteiger partial charge in [0.15, 0.2) is 0 Å². The Morgan fingerprint density at radius 3 is 2.58 bits per heavy atom. The van der Waals surface area contributed by atoms with E-state index in [4.69, 9.17) is 25.2 Å². The minimum atomic E-state index is -1.38. The summed E-state index contributed by atoms with van der Waals surface area (Å²) in [4.78, 5) is 0. The van der Waals surface area contributed by atoms with Crippen molar-refractivity contribution < 1.29 is 19.9 Å². The topological polar surface area (TPSA) is 64.0 Å². The second-order valence-electron chi connectivity index (χ2n) is 6.91. The van der Waals surface area contributed by atoms with E-state index >= 15 is 0 Å². The third-order valence-electron chi connectivity index (χ3n) is 4.50. The van der Waals surface area contributed by atoms with Crippen LogP contribution in [-0.2, 0) is 18.5 Å². The van der Waals surface area contributed by atoms with Crippen LogP contribution in [0.4, 0.5) is 0 Å². The molecule has 6 nitrogen and oxygen atoms in total. The Kier molecular flexibility index (Phi) is 6.48. The van der Waals surface area contributed by atoms with Gasteiger partial charge in [-0.2, -0.15) is 5.26 Å². The van der Waals surface area contributed by atoms with Crippen molar-refractivity contribution in [1.82, 2.24) is 4.67 Å². The van der Waals surface area contributed by atoms with E-state index in [1.54, 1.807) is 0 Å². The standard InChI is InChI=1S/C17H31N2O4P/c1-7-17-11-20-15(14(6)22-17)16(17)23-24(21-10-8-9-18)19(12(2)3)13(4)5/h12-16H,7-8,10-11H2,1-6H3/t14-,15+,16+,17+,24?/m0/s1/i7D/t7-,14-,15+,16+,17+,24?. The van der Waals surface area contributed by atoms with Crippen LogP contribution in [0.15, 0.2) is 0 Å². The molecule has 0 spiro atoms. The Morgan fingerprint density at radius 1 is 1.42 bits per heavy atom. The zero-order valence-corrected chi connectivity index (χ0v) is 16.5. The fourth-order valence-corrected chi connectivity index (χ4v) is 5.22. The van der Waals surface area contributed by atoms with Crippen molar-refractivity contribution in [3.05, 3.63) is 0 Å². The Labute approximate surface area is 148 Å². The van der Waals surface area contributed by atoms with Crippen LogP contribution in [0, 0.1) is 11.3 Å². The van der Waals surface area contributed by atoms with Crippen molar-refractivity contribution in [3.63, 3.8) is 0 Å². The van der Waals surface area contributed by atoms with E-state index in [9.17, 15) is 0 Å². The Morgan fingerprint density at radius 2 is 2.08 bits per heavy atom. The van der Waals surface area contributed by atoms with Crippen LogP contribution in [0.1, 0.15) is 55.7 Å². The molecule has 6 atom stereocenters. The summed E-state index contributed by atoms with van der Waals surface area (Å²) in [5, 5.41) is 8.82. The molecule has 24 heavy (non-hydrogen) atoms. The van der Waals surface area contributed by atoms with E-state index in [-0.39, 0.29) is 30.4 Å². The number of nitrogens with zero attached hydrogens (tertiary/aromatic N) is 2. The van der Waals surface area contributed by atoms with Gasteiger partial charge in [0, 0.05) is 13.5 Å². The van der Waals surface area contributed by atoms with Gasteiger partial charge < -0.3 is 18.5 Å². The minimum Gasteiger partial charge on any atom is -0.370 e. The van der Waals surface area contributed by atoms with Gasteiger partial charge in [0.05, 0.1) is 31.8 Å². The van der Waals surface area contributed by atoms with Gasteiger partial charge in [-0.25, -0.2) is 4.67 Å². The van der Waals surface area contributed by atoms with Crippen LogP contribution < -0.4 is 0 Å². The molecule has 2 aliphatic rings. The number of fused-ring (bicyclic) bond motifs is 2. The average molecular weight is 359 g/mol. The lowest BCUT2D eigenvalue weighted by atomic mass is 9.96. The van der Waals surface area contributed by atoms with Gasteiger partial charge >= 0.3 is 0 Å². The first-order valence-electron chi connectivity index (χ1n) is 9.29. The summed E-state index contributed by atoms with van der Waals surface area (Å²) in [7, 11) is -1.38. The fourth-order valence-electron chi connectivity index (χ4n) is 3.43. The Balaban J connectivity index is 2.21. The molecule has 0 amide bonds. The Hall–Kier alpha value is -0.280. The SMILES string of the molecule is [2H][C@@H](C)[C@]12CO[C@H]([C@H](C)O1)[C@H]2OP(OCCC#N)N(C(C)C)C(C)C. The third-order valence-corrected chi connectivity index (χ3v) is 6.62. The van der Waals surface area contributed by atoms with E-state index in [1.165, 1.54) is 0 Å². The van der Waals surface area contributed by atoms with Gasteiger partial charge in [-0.15, -0.1) is 0 Å². The molecule has 0 aromatic carbocycles. The molecule has 2 bridgehead atoms. The summed E-state index contributed by atoms with van der Waals surface area (Å²) < 4.78 is 34.9. The molecular formula is C17H31N2O4P. The summed E-state index contributed by atoms with van der Waals surface area (Å²) in [6.07, 6.45) is -0.755. The van der Waals surface area contributed by atoms with Gasteiger partial charge in [0.1, 0.15) is 17.8 Å². The van der Waals surface area contributed by atoms with Crippen LogP contribution >= 0.6 is 8.53 Å². The summed E-state index contributed by atoms with van der Waals surface area (Å²) >= 11 is 0. The van der Waals surface area contributed by atoms with E-state index < -0.39 is 20.5 Å². The highest BCUT2D eigenvalue weighted by Gasteiger charge is 2.61. The summed E-state index contributed by atoms with van der Waals surface area (Å²) in [6.45, 7) is 12.9. The molecular weight excluding hydrogens is 327 g/mol. The molecule has 138 valence electrons. The number of ether oxygens (including phenoxy) is 2. The quantitative estimate of drug-likeness (QED) is 0.463. The van der Waals surface area contributed by atoms with Gasteiger partial charge in [0.25, 0.3) is 8.53 Å². The molecule has 2 fully saturated rings. The van der Waals surface area contributed by atoms with Crippen molar-refractivity contribution in [2.24, 2.45) is 0 Å². The first-order valence-corrected chi connectivity index (χ1v) is 9.84. The molecule has 0 N–H and O–H groups in total. The molecule has 0 saturated carbocycles. The predicted octanol–water partition coefficient (Wildman–Crippen LogP) is 3.61. The highest BCUT2D eigenvalue weighted by atomic mass is 31.2.